The van der Waals surface area contributed by atoms with E-state index in [-0.39, 0.29) is 12.5 Å². The van der Waals surface area contributed by atoms with Crippen LogP contribution in [0.4, 0.5) is 0 Å². The lowest BCUT2D eigenvalue weighted by molar-refractivity contribution is -0.121. The second-order valence-corrected chi connectivity index (χ2v) is 7.00. The number of ether oxygens (including phenoxy) is 1. The quantitative estimate of drug-likeness (QED) is 0.592. The first-order valence-electron chi connectivity index (χ1n) is 9.31. The summed E-state index contributed by atoms with van der Waals surface area (Å²) in [4.78, 5) is 37.6. The summed E-state index contributed by atoms with van der Waals surface area (Å²) in [6, 6.07) is 10.7. The highest BCUT2D eigenvalue weighted by Gasteiger charge is 2.36. The van der Waals surface area contributed by atoms with Crippen LogP contribution in [-0.2, 0) is 4.79 Å². The highest BCUT2D eigenvalue weighted by molar-refractivity contribution is 6.22. The van der Waals surface area contributed by atoms with Crippen molar-refractivity contribution in [2.75, 3.05) is 19.7 Å². The smallest absolute Gasteiger partial charge is 0.262 e. The maximum Gasteiger partial charge on any atom is 0.262 e. The molecule has 1 N–H and O–H groups in total. The van der Waals surface area contributed by atoms with Gasteiger partial charge in [-0.05, 0) is 62.1 Å². The summed E-state index contributed by atoms with van der Waals surface area (Å²) in [6.45, 7) is 6.70. The predicted molar refractivity (Wildman–Crippen MR) is 106 cm³/mol. The zero-order valence-corrected chi connectivity index (χ0v) is 16.4. The summed E-state index contributed by atoms with van der Waals surface area (Å²) in [5.74, 6) is -0.360. The van der Waals surface area contributed by atoms with Crippen LogP contribution >= 0.6 is 0 Å². The third kappa shape index (κ3) is 4.06. The molecular weight excluding hydrogens is 356 g/mol. The molecule has 0 spiro atoms. The first kappa shape index (κ1) is 19.6. The van der Waals surface area contributed by atoms with Gasteiger partial charge in [0.15, 0.2) is 0 Å². The molecule has 1 heterocycles. The monoisotopic (exact) mass is 380 g/mol. The van der Waals surface area contributed by atoms with Crippen molar-refractivity contribution in [1.29, 1.82) is 0 Å². The summed E-state index contributed by atoms with van der Waals surface area (Å²) >= 11 is 0. The molecule has 0 fully saturated rings. The normalized spacial score (nSPS) is 12.9. The van der Waals surface area contributed by atoms with Gasteiger partial charge < -0.3 is 10.1 Å². The van der Waals surface area contributed by atoms with E-state index in [0.29, 0.717) is 30.7 Å². The van der Waals surface area contributed by atoms with Crippen molar-refractivity contribution in [3.63, 3.8) is 0 Å². The number of hydrogen-bond acceptors (Lipinski definition) is 4. The summed E-state index contributed by atoms with van der Waals surface area (Å²) in [5, 5.41) is 2.74. The largest absolute Gasteiger partial charge is 0.493 e. The van der Waals surface area contributed by atoms with Gasteiger partial charge in [0.1, 0.15) is 12.3 Å². The number of fused-ring (bicyclic) bond motifs is 1. The molecule has 3 rings (SSSR count). The molecular formula is C22H24N2O4. The first-order chi connectivity index (χ1) is 13.4. The van der Waals surface area contributed by atoms with Gasteiger partial charge in [-0.15, -0.1) is 0 Å². The topological polar surface area (TPSA) is 75.7 Å². The molecule has 0 unspecified atom stereocenters. The van der Waals surface area contributed by atoms with Crippen molar-refractivity contribution >= 4 is 17.7 Å². The molecule has 0 atom stereocenters. The lowest BCUT2D eigenvalue weighted by atomic mass is 10.1. The van der Waals surface area contributed by atoms with Crippen LogP contribution in [0.1, 0.15) is 43.8 Å². The Morgan fingerprint density at radius 3 is 2.32 bits per heavy atom. The van der Waals surface area contributed by atoms with E-state index in [9.17, 15) is 14.4 Å². The molecule has 28 heavy (non-hydrogen) atoms. The fraction of sp³-hybridized carbons (Fsp3) is 0.318. The van der Waals surface area contributed by atoms with Gasteiger partial charge in [-0.25, -0.2) is 0 Å². The van der Waals surface area contributed by atoms with Crippen LogP contribution in [0, 0.1) is 20.8 Å². The number of carbonyl (C=O) groups excluding carboxylic acids is 3. The Kier molecular flexibility index (Phi) is 5.78. The number of hydrogen-bond donors (Lipinski definition) is 1. The van der Waals surface area contributed by atoms with Crippen molar-refractivity contribution < 1.29 is 19.1 Å². The summed E-state index contributed by atoms with van der Waals surface area (Å²) < 4.78 is 5.82. The van der Waals surface area contributed by atoms with Gasteiger partial charge in [-0.1, -0.05) is 18.2 Å². The molecule has 146 valence electrons. The summed E-state index contributed by atoms with van der Waals surface area (Å²) in [7, 11) is 0. The van der Waals surface area contributed by atoms with E-state index in [1.54, 1.807) is 24.3 Å². The summed E-state index contributed by atoms with van der Waals surface area (Å²) in [5.41, 5.74) is 4.13. The Morgan fingerprint density at radius 1 is 1.04 bits per heavy atom. The van der Waals surface area contributed by atoms with E-state index >= 15 is 0 Å². The Bertz CT molecular complexity index is 901. The van der Waals surface area contributed by atoms with Crippen LogP contribution in [0.3, 0.4) is 0 Å². The molecule has 2 aromatic carbocycles. The minimum atomic E-state index is -0.427. The molecule has 0 aliphatic carbocycles. The maximum absolute atomic E-state index is 12.3. The molecule has 1 aliphatic heterocycles. The third-order valence-corrected chi connectivity index (χ3v) is 4.84. The van der Waals surface area contributed by atoms with E-state index in [1.807, 2.05) is 19.9 Å². The Balaban J connectivity index is 1.44. The van der Waals surface area contributed by atoms with Crippen LogP contribution in [0.5, 0.6) is 5.75 Å². The Morgan fingerprint density at radius 2 is 1.68 bits per heavy atom. The van der Waals surface area contributed by atoms with Crippen LogP contribution < -0.4 is 10.1 Å². The van der Waals surface area contributed by atoms with Gasteiger partial charge in [0.25, 0.3) is 11.8 Å². The molecule has 2 aromatic rings. The number of amides is 3. The number of nitrogens with one attached hydrogen (secondary N) is 1. The third-order valence-electron chi connectivity index (χ3n) is 4.84. The minimum Gasteiger partial charge on any atom is -0.493 e. The SMILES string of the molecule is Cc1cc(C)c(C)c(OCCCNC(=O)CN2C(=O)c3ccccc3C2=O)c1. The summed E-state index contributed by atoms with van der Waals surface area (Å²) in [6.07, 6.45) is 0.625. The van der Waals surface area contributed by atoms with Gasteiger partial charge in [-0.2, -0.15) is 0 Å². The van der Waals surface area contributed by atoms with Gasteiger partial charge in [-0.3, -0.25) is 19.3 Å². The van der Waals surface area contributed by atoms with E-state index in [1.165, 1.54) is 5.56 Å². The van der Waals surface area contributed by atoms with E-state index < -0.39 is 11.8 Å². The highest BCUT2D eigenvalue weighted by atomic mass is 16.5. The van der Waals surface area contributed by atoms with Gasteiger partial charge >= 0.3 is 0 Å². The van der Waals surface area contributed by atoms with Crippen molar-refractivity contribution in [1.82, 2.24) is 10.2 Å². The standard InChI is InChI=1S/C22H24N2O4/c1-14-11-15(2)16(3)19(12-14)28-10-6-9-23-20(25)13-24-21(26)17-7-4-5-8-18(17)22(24)27/h4-5,7-8,11-12H,6,9-10,13H2,1-3H3,(H,23,25). The maximum atomic E-state index is 12.3. The van der Waals surface area contributed by atoms with Crippen molar-refractivity contribution in [2.45, 2.75) is 27.2 Å². The van der Waals surface area contributed by atoms with E-state index in [2.05, 4.69) is 18.3 Å². The molecule has 0 saturated heterocycles. The van der Waals surface area contributed by atoms with Crippen molar-refractivity contribution in [2.24, 2.45) is 0 Å². The fourth-order valence-electron chi connectivity index (χ4n) is 3.22. The van der Waals surface area contributed by atoms with Gasteiger partial charge in [0.2, 0.25) is 5.91 Å². The van der Waals surface area contributed by atoms with Crippen LogP contribution in [0.2, 0.25) is 0 Å². The van der Waals surface area contributed by atoms with Gasteiger partial charge in [0.05, 0.1) is 17.7 Å². The zero-order valence-electron chi connectivity index (χ0n) is 16.4. The zero-order chi connectivity index (χ0) is 20.3. The number of aryl methyl sites for hydroxylation is 2. The molecule has 1 aliphatic rings. The molecule has 0 radical (unpaired) electrons. The van der Waals surface area contributed by atoms with Gasteiger partial charge in [0, 0.05) is 6.54 Å². The van der Waals surface area contributed by atoms with Crippen LogP contribution in [-0.4, -0.2) is 42.3 Å². The Hall–Kier alpha value is -3.15. The number of nitrogens with zero attached hydrogens (tertiary/aromatic N) is 1. The molecule has 0 bridgehead atoms. The predicted octanol–water partition coefficient (Wildman–Crippen LogP) is 2.79. The van der Waals surface area contributed by atoms with E-state index in [0.717, 1.165) is 21.8 Å². The number of rotatable bonds is 7. The first-order valence-corrected chi connectivity index (χ1v) is 9.31. The van der Waals surface area contributed by atoms with Crippen LogP contribution in [0.25, 0.3) is 0 Å². The molecule has 3 amide bonds. The second kappa shape index (κ2) is 8.25. The number of imide groups is 1. The average Bonchev–Trinajstić information content (AvgIpc) is 2.90. The second-order valence-electron chi connectivity index (χ2n) is 7.00. The number of carbonyl (C=O) groups is 3. The highest BCUT2D eigenvalue weighted by Crippen LogP contribution is 2.23. The molecule has 0 aromatic heterocycles. The lowest BCUT2D eigenvalue weighted by Crippen LogP contribution is -2.40. The Labute approximate surface area is 164 Å². The molecule has 0 saturated carbocycles. The molecule has 6 nitrogen and oxygen atoms in total. The fourth-order valence-corrected chi connectivity index (χ4v) is 3.22. The molecule has 6 heteroatoms. The van der Waals surface area contributed by atoms with E-state index in [4.69, 9.17) is 4.74 Å². The minimum absolute atomic E-state index is 0.274. The number of benzene rings is 2. The average molecular weight is 380 g/mol. The lowest BCUT2D eigenvalue weighted by Gasteiger charge is -2.14. The van der Waals surface area contributed by atoms with Crippen molar-refractivity contribution in [3.05, 3.63) is 64.2 Å². The van der Waals surface area contributed by atoms with Crippen molar-refractivity contribution in [3.8, 4) is 5.75 Å². The van der Waals surface area contributed by atoms with Crippen LogP contribution in [0.15, 0.2) is 36.4 Å².